The maximum atomic E-state index is 2.44. The molecule has 1 unspecified atom stereocenters. The van der Waals surface area contributed by atoms with E-state index in [2.05, 4.69) is 182 Å². The van der Waals surface area contributed by atoms with Crippen LogP contribution < -0.4 is 4.90 Å². The highest BCUT2D eigenvalue weighted by molar-refractivity contribution is 7.26. The second-order valence-corrected chi connectivity index (χ2v) is 13.3. The van der Waals surface area contributed by atoms with E-state index in [4.69, 9.17) is 0 Å². The van der Waals surface area contributed by atoms with Gasteiger partial charge < -0.3 is 4.90 Å². The number of hydrogen-bond donors (Lipinski definition) is 0. The number of para-hydroxylation sites is 1. The first-order chi connectivity index (χ1) is 22.7. The van der Waals surface area contributed by atoms with E-state index < -0.39 is 0 Å². The topological polar surface area (TPSA) is 3.24 Å². The summed E-state index contributed by atoms with van der Waals surface area (Å²) in [6.45, 7) is 2.41. The van der Waals surface area contributed by atoms with E-state index in [1.807, 2.05) is 11.3 Å². The predicted molar refractivity (Wildman–Crippen MR) is 197 cm³/mol. The van der Waals surface area contributed by atoms with Crippen molar-refractivity contribution in [2.45, 2.75) is 12.3 Å². The van der Waals surface area contributed by atoms with Gasteiger partial charge in [-0.3, -0.25) is 0 Å². The normalized spacial score (nSPS) is 15.2. The minimum absolute atomic E-state index is 0.300. The van der Waals surface area contributed by atoms with Crippen LogP contribution in [-0.4, -0.2) is 0 Å². The Hall–Kier alpha value is -5.44. The second kappa shape index (κ2) is 10.6. The molecule has 1 atom stereocenters. The van der Waals surface area contributed by atoms with Gasteiger partial charge >= 0.3 is 0 Å². The maximum absolute atomic E-state index is 2.44. The highest BCUT2D eigenvalue weighted by atomic mass is 32.1. The fourth-order valence-electron chi connectivity index (χ4n) is 7.46. The van der Waals surface area contributed by atoms with Crippen LogP contribution >= 0.6 is 11.3 Å². The van der Waals surface area contributed by atoms with Gasteiger partial charge in [-0.05, 0) is 82.8 Å². The highest BCUT2D eigenvalue weighted by Crippen LogP contribution is 2.57. The molecule has 1 aliphatic carbocycles. The average molecular weight is 606 g/mol. The summed E-state index contributed by atoms with van der Waals surface area (Å²) >= 11 is 1.92. The Balaban J connectivity index is 1.26. The van der Waals surface area contributed by atoms with E-state index in [0.29, 0.717) is 0 Å². The van der Waals surface area contributed by atoms with Crippen LogP contribution in [0.1, 0.15) is 23.6 Å². The number of fused-ring (bicyclic) bond motifs is 7. The molecule has 0 radical (unpaired) electrons. The first-order valence-electron chi connectivity index (χ1n) is 15.9. The van der Waals surface area contributed by atoms with Gasteiger partial charge in [0.15, 0.2) is 0 Å². The summed E-state index contributed by atoms with van der Waals surface area (Å²) in [4.78, 5) is 2.39. The molecule has 0 amide bonds. The minimum Gasteiger partial charge on any atom is -0.310 e. The van der Waals surface area contributed by atoms with E-state index in [1.54, 1.807) is 0 Å². The Bertz CT molecular complexity index is 2360. The Morgan fingerprint density at radius 1 is 0.478 bits per heavy atom. The number of rotatable bonds is 5. The van der Waals surface area contributed by atoms with Crippen molar-refractivity contribution in [2.24, 2.45) is 0 Å². The molecule has 7 aromatic carbocycles. The lowest BCUT2D eigenvalue weighted by Crippen LogP contribution is -2.22. The zero-order valence-electron chi connectivity index (χ0n) is 25.5. The van der Waals surface area contributed by atoms with Crippen LogP contribution in [0.3, 0.4) is 0 Å². The third-order valence-electron chi connectivity index (χ3n) is 9.75. The summed E-state index contributed by atoms with van der Waals surface area (Å²) < 4.78 is 2.72. The van der Waals surface area contributed by atoms with Crippen molar-refractivity contribution in [1.82, 2.24) is 0 Å². The molecule has 0 saturated heterocycles. The van der Waals surface area contributed by atoms with E-state index >= 15 is 0 Å². The average Bonchev–Trinajstić information content (AvgIpc) is 3.63. The Morgan fingerprint density at radius 3 is 1.85 bits per heavy atom. The Morgan fingerprint density at radius 2 is 1.09 bits per heavy atom. The van der Waals surface area contributed by atoms with E-state index in [0.717, 1.165) is 17.1 Å². The summed E-state index contributed by atoms with van der Waals surface area (Å²) in [6, 6.07) is 62.0. The molecule has 8 aromatic rings. The molecule has 2 heteroatoms. The molecule has 1 heterocycles. The zero-order chi connectivity index (χ0) is 30.7. The number of thiophene rings is 1. The quantitative estimate of drug-likeness (QED) is 0.189. The van der Waals surface area contributed by atoms with Crippen LogP contribution in [0, 0.1) is 0 Å². The van der Waals surface area contributed by atoms with Crippen molar-refractivity contribution < 1.29 is 0 Å². The fraction of sp³-hybridized carbons (Fsp3) is 0.0455. The molecule has 0 spiro atoms. The number of hydrogen-bond acceptors (Lipinski definition) is 2. The predicted octanol–water partition coefficient (Wildman–Crippen LogP) is 12.5. The molecule has 218 valence electrons. The van der Waals surface area contributed by atoms with Crippen molar-refractivity contribution in [2.75, 3.05) is 4.90 Å². The molecular formula is C44H31NS. The van der Waals surface area contributed by atoms with Crippen molar-refractivity contribution >= 4 is 48.6 Å². The molecule has 0 aliphatic heterocycles. The molecule has 0 N–H and O–H groups in total. The van der Waals surface area contributed by atoms with Gasteiger partial charge in [0.1, 0.15) is 0 Å². The monoisotopic (exact) mass is 605 g/mol. The molecule has 1 nitrogen and oxygen atoms in total. The highest BCUT2D eigenvalue weighted by Gasteiger charge is 2.42. The first-order valence-corrected chi connectivity index (χ1v) is 16.7. The number of anilines is 3. The Labute approximate surface area is 273 Å². The van der Waals surface area contributed by atoms with E-state index in [9.17, 15) is 0 Å². The molecule has 1 aliphatic rings. The fourth-order valence-corrected chi connectivity index (χ4v) is 8.73. The van der Waals surface area contributed by atoms with Crippen LogP contribution in [0.25, 0.3) is 42.4 Å². The van der Waals surface area contributed by atoms with Crippen LogP contribution in [0.15, 0.2) is 170 Å². The summed E-state index contributed by atoms with van der Waals surface area (Å²) in [5.74, 6) is 0. The van der Waals surface area contributed by atoms with E-state index in [1.165, 1.54) is 59.1 Å². The lowest BCUT2D eigenvalue weighted by Gasteiger charge is -2.31. The maximum Gasteiger partial charge on any atom is 0.0465 e. The molecular weight excluding hydrogens is 575 g/mol. The molecule has 46 heavy (non-hydrogen) atoms. The van der Waals surface area contributed by atoms with Gasteiger partial charge in [-0.15, -0.1) is 11.3 Å². The van der Waals surface area contributed by atoms with Crippen LogP contribution in [0.4, 0.5) is 17.1 Å². The zero-order valence-corrected chi connectivity index (χ0v) is 26.3. The molecule has 0 fully saturated rings. The summed E-state index contributed by atoms with van der Waals surface area (Å²) in [6.07, 6.45) is 0. The van der Waals surface area contributed by atoms with Crippen molar-refractivity contribution in [1.29, 1.82) is 0 Å². The van der Waals surface area contributed by atoms with Gasteiger partial charge in [0.05, 0.1) is 0 Å². The van der Waals surface area contributed by atoms with E-state index in [-0.39, 0.29) is 5.41 Å². The number of nitrogens with zero attached hydrogens (tertiary/aromatic N) is 1. The summed E-state index contributed by atoms with van der Waals surface area (Å²) in [5.41, 5.74) is 12.3. The minimum atomic E-state index is -0.300. The van der Waals surface area contributed by atoms with Crippen LogP contribution in [0.2, 0.25) is 0 Å². The molecule has 9 rings (SSSR count). The molecule has 0 bridgehead atoms. The summed E-state index contributed by atoms with van der Waals surface area (Å²) in [7, 11) is 0. The molecule has 0 saturated carbocycles. The first kappa shape index (κ1) is 26.9. The van der Waals surface area contributed by atoms with Gasteiger partial charge in [0.2, 0.25) is 0 Å². The van der Waals surface area contributed by atoms with Gasteiger partial charge in [-0.1, -0.05) is 127 Å². The molecule has 1 aromatic heterocycles. The largest absolute Gasteiger partial charge is 0.310 e. The third kappa shape index (κ3) is 4.07. The van der Waals surface area contributed by atoms with Crippen molar-refractivity contribution in [3.63, 3.8) is 0 Å². The van der Waals surface area contributed by atoms with Gasteiger partial charge in [-0.25, -0.2) is 0 Å². The van der Waals surface area contributed by atoms with Gasteiger partial charge in [-0.2, -0.15) is 0 Å². The van der Waals surface area contributed by atoms with Gasteiger partial charge in [0.25, 0.3) is 0 Å². The second-order valence-electron chi connectivity index (χ2n) is 12.3. The van der Waals surface area contributed by atoms with Gasteiger partial charge in [0, 0.05) is 48.2 Å². The lowest BCUT2D eigenvalue weighted by molar-refractivity contribution is 0.714. The standard InChI is InChI=1S/C44H31NS/c1-44(32-15-7-3-8-16-32)39-28-27-37-36-19-11-12-20-41(36)46-43(37)42(39)38-26-25-35(29-40(38)44)45(33-17-9-4-10-18-33)34-23-21-31(22-24-34)30-13-5-2-6-14-30/h2-29H,1H3. The Kier molecular flexibility index (Phi) is 6.19. The summed E-state index contributed by atoms with van der Waals surface area (Å²) in [5, 5.41) is 2.68. The lowest BCUT2D eigenvalue weighted by atomic mass is 9.74. The van der Waals surface area contributed by atoms with Crippen molar-refractivity contribution in [3.8, 4) is 22.3 Å². The van der Waals surface area contributed by atoms with Crippen LogP contribution in [0.5, 0.6) is 0 Å². The SMILES string of the molecule is CC1(c2ccccc2)c2cc(N(c3ccccc3)c3ccc(-c4ccccc4)cc3)ccc2-c2c1ccc1c2sc2ccccc21. The van der Waals surface area contributed by atoms with Crippen molar-refractivity contribution in [3.05, 3.63) is 187 Å². The smallest absolute Gasteiger partial charge is 0.0465 e. The third-order valence-corrected chi connectivity index (χ3v) is 11.0. The van der Waals surface area contributed by atoms with Crippen LogP contribution in [-0.2, 0) is 5.41 Å². The number of benzene rings is 7.